The maximum atomic E-state index is 12.6. The normalized spacial score (nSPS) is 15.7. The molecule has 1 fully saturated rings. The van der Waals surface area contributed by atoms with Crippen LogP contribution in [-0.2, 0) is 23.8 Å². The molecule has 0 spiro atoms. The van der Waals surface area contributed by atoms with E-state index in [0.717, 1.165) is 6.07 Å². The van der Waals surface area contributed by atoms with Gasteiger partial charge in [-0.1, -0.05) is 24.3 Å². The number of esters is 2. The largest absolute Gasteiger partial charge is 0.449 e. The summed E-state index contributed by atoms with van der Waals surface area (Å²) in [4.78, 5) is 61.3. The SMILES string of the molecule is O=C(CC(=O)c1cc2c(o1)C(=O)c1ccccc1C2=O)OCOC(=O)C1CCOCC1. The number of rotatable bonds is 6. The minimum absolute atomic E-state index is 0.0224. The monoisotopic (exact) mass is 426 g/mol. The Morgan fingerprint density at radius 2 is 1.61 bits per heavy atom. The van der Waals surface area contributed by atoms with Crippen LogP contribution >= 0.6 is 0 Å². The van der Waals surface area contributed by atoms with Crippen molar-refractivity contribution in [2.45, 2.75) is 19.3 Å². The minimum Gasteiger partial charge on any atom is -0.449 e. The highest BCUT2D eigenvalue weighted by Gasteiger charge is 2.34. The molecule has 0 bridgehead atoms. The van der Waals surface area contributed by atoms with Crippen LogP contribution in [-0.4, -0.2) is 49.3 Å². The summed E-state index contributed by atoms with van der Waals surface area (Å²) >= 11 is 0. The molecule has 9 heteroatoms. The molecular weight excluding hydrogens is 408 g/mol. The van der Waals surface area contributed by atoms with Crippen molar-refractivity contribution in [3.05, 3.63) is 58.5 Å². The molecule has 160 valence electrons. The third-order valence-corrected chi connectivity index (χ3v) is 5.15. The van der Waals surface area contributed by atoms with Crippen LogP contribution in [0, 0.1) is 5.92 Å². The van der Waals surface area contributed by atoms with Gasteiger partial charge in [0.1, 0.15) is 6.42 Å². The molecule has 1 aromatic carbocycles. The number of hydrogen-bond acceptors (Lipinski definition) is 9. The fourth-order valence-corrected chi connectivity index (χ4v) is 3.49. The predicted molar refractivity (Wildman–Crippen MR) is 102 cm³/mol. The molecule has 2 aromatic rings. The number of carbonyl (C=O) groups excluding carboxylic acids is 5. The van der Waals surface area contributed by atoms with Gasteiger partial charge in [0.05, 0.1) is 11.5 Å². The van der Waals surface area contributed by atoms with Crippen LogP contribution < -0.4 is 0 Å². The Labute approximate surface area is 176 Å². The van der Waals surface area contributed by atoms with Crippen molar-refractivity contribution in [3.63, 3.8) is 0 Å². The van der Waals surface area contributed by atoms with Gasteiger partial charge in [0.25, 0.3) is 0 Å². The minimum atomic E-state index is -0.930. The number of ether oxygens (including phenoxy) is 3. The molecule has 2 heterocycles. The average Bonchev–Trinajstić information content (AvgIpc) is 3.24. The van der Waals surface area contributed by atoms with Gasteiger partial charge < -0.3 is 18.6 Å². The molecule has 31 heavy (non-hydrogen) atoms. The van der Waals surface area contributed by atoms with E-state index in [4.69, 9.17) is 18.6 Å². The van der Waals surface area contributed by atoms with E-state index in [9.17, 15) is 24.0 Å². The zero-order chi connectivity index (χ0) is 22.0. The summed E-state index contributed by atoms with van der Waals surface area (Å²) in [6, 6.07) is 7.43. The van der Waals surface area contributed by atoms with Gasteiger partial charge in [0.2, 0.25) is 18.4 Å². The van der Waals surface area contributed by atoms with E-state index in [1.54, 1.807) is 12.1 Å². The van der Waals surface area contributed by atoms with Crippen LogP contribution in [0.15, 0.2) is 34.7 Å². The highest BCUT2D eigenvalue weighted by Crippen LogP contribution is 2.30. The number of ketones is 3. The summed E-state index contributed by atoms with van der Waals surface area (Å²) in [6.45, 7) is 0.331. The molecule has 1 aliphatic carbocycles. The molecule has 0 saturated carbocycles. The van der Waals surface area contributed by atoms with Crippen molar-refractivity contribution >= 4 is 29.3 Å². The molecule has 0 unspecified atom stereocenters. The Morgan fingerprint density at radius 1 is 0.935 bits per heavy atom. The quantitative estimate of drug-likeness (QED) is 0.252. The van der Waals surface area contributed by atoms with Gasteiger partial charge in [-0.25, -0.2) is 0 Å². The molecule has 2 aliphatic rings. The zero-order valence-corrected chi connectivity index (χ0v) is 16.4. The van der Waals surface area contributed by atoms with Crippen LogP contribution in [0.5, 0.6) is 0 Å². The Hall–Kier alpha value is -3.59. The van der Waals surface area contributed by atoms with E-state index < -0.39 is 42.5 Å². The highest BCUT2D eigenvalue weighted by molar-refractivity contribution is 6.28. The van der Waals surface area contributed by atoms with Gasteiger partial charge in [-0.2, -0.15) is 0 Å². The number of carbonyl (C=O) groups is 5. The molecule has 1 saturated heterocycles. The summed E-state index contributed by atoms with van der Waals surface area (Å²) in [5.41, 5.74) is 0.399. The number of benzene rings is 1. The number of furan rings is 1. The third-order valence-electron chi connectivity index (χ3n) is 5.15. The second-order valence-electron chi connectivity index (χ2n) is 7.14. The molecular formula is C22H18O9. The molecule has 1 aliphatic heterocycles. The van der Waals surface area contributed by atoms with Crippen LogP contribution in [0.1, 0.15) is 61.9 Å². The first-order valence-electron chi connectivity index (χ1n) is 9.71. The van der Waals surface area contributed by atoms with Crippen LogP contribution in [0.2, 0.25) is 0 Å². The van der Waals surface area contributed by atoms with E-state index in [2.05, 4.69) is 0 Å². The Bertz CT molecular complexity index is 1020. The van der Waals surface area contributed by atoms with Gasteiger partial charge >= 0.3 is 11.9 Å². The lowest BCUT2D eigenvalue weighted by molar-refractivity contribution is -0.171. The summed E-state index contributed by atoms with van der Waals surface area (Å²) in [5, 5.41) is 0. The first-order chi connectivity index (χ1) is 15.0. The van der Waals surface area contributed by atoms with Gasteiger partial charge in [-0.15, -0.1) is 0 Å². The van der Waals surface area contributed by atoms with Crippen molar-refractivity contribution in [1.82, 2.24) is 0 Å². The lowest BCUT2D eigenvalue weighted by atomic mass is 9.88. The van der Waals surface area contributed by atoms with Crippen LogP contribution in [0.4, 0.5) is 0 Å². The van der Waals surface area contributed by atoms with E-state index >= 15 is 0 Å². The number of fused-ring (bicyclic) bond motifs is 2. The Balaban J connectivity index is 1.34. The van der Waals surface area contributed by atoms with Crippen LogP contribution in [0.25, 0.3) is 0 Å². The fraction of sp³-hybridized carbons (Fsp3) is 0.318. The highest BCUT2D eigenvalue weighted by atomic mass is 16.7. The molecule has 9 nitrogen and oxygen atoms in total. The maximum absolute atomic E-state index is 12.6. The standard InChI is InChI=1S/C22H18O9/c23-16(10-18(24)29-11-30-22(27)12-5-7-28-8-6-12)17-9-15-19(25)13-3-1-2-4-14(13)20(26)21(15)31-17/h1-4,9,12H,5-8,10-11H2. The number of hydrogen-bond donors (Lipinski definition) is 0. The molecule has 0 N–H and O–H groups in total. The van der Waals surface area contributed by atoms with Gasteiger partial charge in [0.15, 0.2) is 17.3 Å². The Kier molecular flexibility index (Phi) is 5.77. The number of Topliss-reactive ketones (excluding diaryl/α,β-unsaturated/α-hetero) is 1. The van der Waals surface area contributed by atoms with Gasteiger partial charge in [-0.05, 0) is 18.9 Å². The summed E-state index contributed by atoms with van der Waals surface area (Å²) in [6.07, 6.45) is 0.377. The fourth-order valence-electron chi connectivity index (χ4n) is 3.49. The predicted octanol–water partition coefficient (Wildman–Crippen LogP) is 2.10. The molecule has 4 rings (SSSR count). The van der Waals surface area contributed by atoms with E-state index in [-0.39, 0.29) is 34.1 Å². The second kappa shape index (κ2) is 8.65. The average molecular weight is 426 g/mol. The smallest absolute Gasteiger partial charge is 0.316 e. The first kappa shape index (κ1) is 20.7. The summed E-state index contributed by atoms with van der Waals surface area (Å²) < 4.78 is 20.2. The van der Waals surface area contributed by atoms with E-state index in [1.165, 1.54) is 12.1 Å². The first-order valence-corrected chi connectivity index (χ1v) is 9.71. The topological polar surface area (TPSA) is 126 Å². The lowest BCUT2D eigenvalue weighted by Crippen LogP contribution is -2.26. The van der Waals surface area contributed by atoms with Gasteiger partial charge in [0, 0.05) is 24.3 Å². The zero-order valence-electron chi connectivity index (χ0n) is 16.4. The van der Waals surface area contributed by atoms with Gasteiger partial charge in [-0.3, -0.25) is 24.0 Å². The van der Waals surface area contributed by atoms with Crippen molar-refractivity contribution in [2.75, 3.05) is 20.0 Å². The third kappa shape index (κ3) is 4.17. The van der Waals surface area contributed by atoms with Crippen molar-refractivity contribution < 1.29 is 42.6 Å². The molecule has 1 aromatic heterocycles. The molecule has 0 amide bonds. The van der Waals surface area contributed by atoms with Crippen molar-refractivity contribution in [1.29, 1.82) is 0 Å². The van der Waals surface area contributed by atoms with Crippen LogP contribution in [0.3, 0.4) is 0 Å². The van der Waals surface area contributed by atoms with Crippen molar-refractivity contribution in [2.24, 2.45) is 5.92 Å². The van der Waals surface area contributed by atoms with E-state index in [0.29, 0.717) is 26.1 Å². The lowest BCUT2D eigenvalue weighted by Gasteiger charge is -2.20. The maximum Gasteiger partial charge on any atom is 0.316 e. The van der Waals surface area contributed by atoms with Crippen molar-refractivity contribution in [3.8, 4) is 0 Å². The second-order valence-corrected chi connectivity index (χ2v) is 7.14. The summed E-state index contributed by atoms with van der Waals surface area (Å²) in [5.74, 6) is -3.95. The molecule has 0 radical (unpaired) electrons. The molecule has 0 atom stereocenters. The van der Waals surface area contributed by atoms with E-state index in [1.807, 2.05) is 0 Å². The summed E-state index contributed by atoms with van der Waals surface area (Å²) in [7, 11) is 0. The Morgan fingerprint density at radius 3 is 2.32 bits per heavy atom.